The molecule has 0 bridgehead atoms. The number of aromatic nitrogens is 4. The minimum absolute atomic E-state index is 0.145. The topological polar surface area (TPSA) is 93.2 Å². The first-order valence-electron chi connectivity index (χ1n) is 10.6. The van der Waals surface area contributed by atoms with Crippen molar-refractivity contribution in [2.24, 2.45) is 5.92 Å². The van der Waals surface area contributed by atoms with Gasteiger partial charge in [0.2, 0.25) is 5.91 Å². The second-order valence-electron chi connectivity index (χ2n) is 8.63. The molecule has 1 amide bonds. The Morgan fingerprint density at radius 3 is 2.55 bits per heavy atom. The molecule has 3 heterocycles. The Morgan fingerprint density at radius 1 is 1.19 bits per heavy atom. The molecule has 9 heteroatoms. The number of benzene rings is 1. The lowest BCUT2D eigenvalue weighted by Gasteiger charge is -2.40. The first-order chi connectivity index (χ1) is 14.9. The van der Waals surface area contributed by atoms with Crippen LogP contribution in [0.5, 0.6) is 0 Å². The van der Waals surface area contributed by atoms with Crippen LogP contribution in [-0.4, -0.2) is 53.9 Å². The van der Waals surface area contributed by atoms with Gasteiger partial charge >= 0.3 is 0 Å². The van der Waals surface area contributed by atoms with Gasteiger partial charge in [0.15, 0.2) is 5.65 Å². The zero-order chi connectivity index (χ0) is 21.6. The number of fused-ring (bicyclic) bond motifs is 1. The van der Waals surface area contributed by atoms with Crippen LogP contribution >= 0.6 is 11.6 Å². The predicted octanol–water partition coefficient (Wildman–Crippen LogP) is 2.39. The van der Waals surface area contributed by atoms with E-state index in [0.717, 1.165) is 24.9 Å². The monoisotopic (exact) mass is 441 g/mol. The highest BCUT2D eigenvalue weighted by Gasteiger charge is 2.37. The van der Waals surface area contributed by atoms with Crippen LogP contribution in [0.2, 0.25) is 5.02 Å². The summed E-state index contributed by atoms with van der Waals surface area (Å²) in [5.41, 5.74) is -0.0730. The van der Waals surface area contributed by atoms with Gasteiger partial charge in [0.05, 0.1) is 24.0 Å². The zero-order valence-electron chi connectivity index (χ0n) is 17.1. The van der Waals surface area contributed by atoms with Crippen LogP contribution < -0.4 is 5.56 Å². The third-order valence-electron chi connectivity index (χ3n) is 6.55. The van der Waals surface area contributed by atoms with Crippen molar-refractivity contribution in [3.63, 3.8) is 0 Å². The molecule has 8 nitrogen and oxygen atoms in total. The van der Waals surface area contributed by atoms with E-state index < -0.39 is 5.60 Å². The van der Waals surface area contributed by atoms with Gasteiger partial charge in [-0.2, -0.15) is 5.10 Å². The normalized spacial score (nSPS) is 18.8. The fourth-order valence-electron chi connectivity index (χ4n) is 4.36. The highest BCUT2D eigenvalue weighted by molar-refractivity contribution is 6.30. The first kappa shape index (κ1) is 20.2. The Morgan fingerprint density at radius 2 is 1.90 bits per heavy atom. The number of hydrogen-bond donors (Lipinski definition) is 1. The van der Waals surface area contributed by atoms with Crippen LogP contribution in [0, 0.1) is 5.92 Å². The molecule has 1 saturated heterocycles. The number of nitrogens with zero attached hydrogens (tertiary/aromatic N) is 5. The van der Waals surface area contributed by atoms with E-state index >= 15 is 0 Å². The number of aliphatic hydroxyl groups is 1. The minimum Gasteiger partial charge on any atom is -0.388 e. The average molecular weight is 442 g/mol. The van der Waals surface area contributed by atoms with Gasteiger partial charge in [0, 0.05) is 24.0 Å². The van der Waals surface area contributed by atoms with E-state index in [4.69, 9.17) is 11.6 Å². The zero-order valence-corrected chi connectivity index (χ0v) is 17.8. The second kappa shape index (κ2) is 7.76. The molecule has 2 aromatic heterocycles. The van der Waals surface area contributed by atoms with Crippen LogP contribution in [0.4, 0.5) is 0 Å². The summed E-state index contributed by atoms with van der Waals surface area (Å²) in [4.78, 5) is 31.8. The summed E-state index contributed by atoms with van der Waals surface area (Å²) < 4.78 is 3.04. The van der Waals surface area contributed by atoms with Gasteiger partial charge in [0.25, 0.3) is 5.56 Å². The largest absolute Gasteiger partial charge is 0.388 e. The molecule has 0 unspecified atom stereocenters. The van der Waals surface area contributed by atoms with Gasteiger partial charge in [-0.15, -0.1) is 0 Å². The maximum atomic E-state index is 13.0. The van der Waals surface area contributed by atoms with Crippen molar-refractivity contribution >= 4 is 28.5 Å². The van der Waals surface area contributed by atoms with Crippen molar-refractivity contribution in [2.75, 3.05) is 13.1 Å². The maximum absolute atomic E-state index is 13.0. The average Bonchev–Trinajstić information content (AvgIpc) is 3.15. The van der Waals surface area contributed by atoms with Crippen LogP contribution in [0.3, 0.4) is 0 Å². The quantitative estimate of drug-likeness (QED) is 0.671. The molecule has 31 heavy (non-hydrogen) atoms. The predicted molar refractivity (Wildman–Crippen MR) is 116 cm³/mol. The third-order valence-corrected chi connectivity index (χ3v) is 6.80. The number of amides is 1. The lowest BCUT2D eigenvalue weighted by atomic mass is 9.83. The molecule has 3 aromatic rings. The summed E-state index contributed by atoms with van der Waals surface area (Å²) in [7, 11) is 0. The summed E-state index contributed by atoms with van der Waals surface area (Å²) in [6.45, 7) is 1.18. The van der Waals surface area contributed by atoms with Crippen LogP contribution in [0.1, 0.15) is 32.1 Å². The van der Waals surface area contributed by atoms with E-state index in [0.29, 0.717) is 42.0 Å². The van der Waals surface area contributed by atoms with E-state index in [9.17, 15) is 14.7 Å². The molecule has 1 saturated carbocycles. The van der Waals surface area contributed by atoms with Gasteiger partial charge in [-0.05, 0) is 49.9 Å². The highest BCUT2D eigenvalue weighted by Crippen LogP contribution is 2.31. The minimum atomic E-state index is -1.04. The molecular weight excluding hydrogens is 418 g/mol. The molecule has 1 aromatic carbocycles. The Hall–Kier alpha value is -2.71. The van der Waals surface area contributed by atoms with E-state index in [2.05, 4.69) is 10.1 Å². The smallest absolute Gasteiger partial charge is 0.264 e. The van der Waals surface area contributed by atoms with Crippen molar-refractivity contribution < 1.29 is 9.90 Å². The number of carbonyl (C=O) groups excluding carboxylic acids is 1. The number of hydrogen-bond acceptors (Lipinski definition) is 5. The van der Waals surface area contributed by atoms with E-state index in [-0.39, 0.29) is 23.9 Å². The highest BCUT2D eigenvalue weighted by atomic mass is 35.5. The molecule has 0 spiro atoms. The molecule has 5 rings (SSSR count). The first-order valence-corrected chi connectivity index (χ1v) is 11.0. The Balaban J connectivity index is 1.34. The Labute approximate surface area is 184 Å². The lowest BCUT2D eigenvalue weighted by molar-refractivity contribution is -0.142. The number of carbonyl (C=O) groups is 1. The van der Waals surface area contributed by atoms with E-state index in [1.807, 2.05) is 17.0 Å². The van der Waals surface area contributed by atoms with Crippen LogP contribution in [0.25, 0.3) is 16.7 Å². The number of likely N-dealkylation sites (tertiary alicyclic amines) is 1. The van der Waals surface area contributed by atoms with E-state index in [1.165, 1.54) is 17.1 Å². The molecular formula is C22H24ClN5O3. The van der Waals surface area contributed by atoms with Crippen molar-refractivity contribution in [2.45, 2.75) is 44.2 Å². The summed E-state index contributed by atoms with van der Waals surface area (Å²) in [5, 5.41) is 16.4. The second-order valence-corrected chi connectivity index (χ2v) is 9.06. The Kier molecular flexibility index (Phi) is 5.06. The van der Waals surface area contributed by atoms with Gasteiger partial charge < -0.3 is 10.0 Å². The van der Waals surface area contributed by atoms with Gasteiger partial charge in [0.1, 0.15) is 11.7 Å². The Bertz CT molecular complexity index is 1170. The van der Waals surface area contributed by atoms with Crippen molar-refractivity contribution in [1.82, 2.24) is 24.2 Å². The molecule has 162 valence electrons. The van der Waals surface area contributed by atoms with Gasteiger partial charge in [-0.1, -0.05) is 18.0 Å². The lowest BCUT2D eigenvalue weighted by Crippen LogP contribution is -2.51. The molecule has 1 N–H and O–H groups in total. The molecule has 0 atom stereocenters. The fraction of sp³-hybridized carbons (Fsp3) is 0.455. The van der Waals surface area contributed by atoms with Crippen molar-refractivity contribution in [1.29, 1.82) is 0 Å². The standard InChI is InChI=1S/C22H24ClN5O3/c23-16-4-6-17(7-5-16)28-19-18(12-25-28)21(30)27(14-24-19)13-22(31)8-10-26(11-9-22)20(29)15-2-1-3-15/h4-7,12,14-15,31H,1-3,8-11,13H2. The summed E-state index contributed by atoms with van der Waals surface area (Å²) in [6.07, 6.45) is 6.93. The summed E-state index contributed by atoms with van der Waals surface area (Å²) in [6, 6.07) is 7.12. The molecule has 1 aliphatic heterocycles. The number of halogens is 1. The van der Waals surface area contributed by atoms with Gasteiger partial charge in [-0.3, -0.25) is 14.2 Å². The third kappa shape index (κ3) is 3.74. The molecule has 0 radical (unpaired) electrons. The summed E-state index contributed by atoms with van der Waals surface area (Å²) >= 11 is 5.95. The maximum Gasteiger partial charge on any atom is 0.264 e. The number of piperidine rings is 1. The molecule has 2 fully saturated rings. The summed E-state index contributed by atoms with van der Waals surface area (Å²) in [5.74, 6) is 0.376. The fourth-order valence-corrected chi connectivity index (χ4v) is 4.49. The SMILES string of the molecule is O=C(C1CCC1)N1CCC(O)(Cn2cnc3c(cnn3-c3ccc(Cl)cc3)c2=O)CC1. The van der Waals surface area contributed by atoms with Crippen LogP contribution in [0.15, 0.2) is 41.6 Å². The van der Waals surface area contributed by atoms with Gasteiger partial charge in [-0.25, -0.2) is 9.67 Å². The van der Waals surface area contributed by atoms with Crippen LogP contribution in [-0.2, 0) is 11.3 Å². The number of rotatable bonds is 4. The van der Waals surface area contributed by atoms with Crippen molar-refractivity contribution in [3.8, 4) is 5.69 Å². The molecule has 2 aliphatic rings. The molecule has 1 aliphatic carbocycles. The van der Waals surface area contributed by atoms with E-state index in [1.54, 1.807) is 16.8 Å². The van der Waals surface area contributed by atoms with Crippen molar-refractivity contribution in [3.05, 3.63) is 52.2 Å².